The smallest absolute Gasteiger partial charge is 0.0735 e. The van der Waals surface area contributed by atoms with E-state index in [0.29, 0.717) is 0 Å². The first-order valence-electron chi connectivity index (χ1n) is 17.1. The molecular formula is C47H29NS2. The van der Waals surface area contributed by atoms with Gasteiger partial charge < -0.3 is 4.90 Å². The molecule has 0 saturated carbocycles. The second-order valence-electron chi connectivity index (χ2n) is 13.2. The topological polar surface area (TPSA) is 3.24 Å². The number of hydrogen-bond donors (Lipinski definition) is 0. The Morgan fingerprint density at radius 2 is 1.04 bits per heavy atom. The van der Waals surface area contributed by atoms with Crippen molar-refractivity contribution in [2.75, 3.05) is 4.90 Å². The van der Waals surface area contributed by atoms with E-state index in [1.807, 2.05) is 23.1 Å². The molecular weight excluding hydrogens is 643 g/mol. The second-order valence-corrected chi connectivity index (χ2v) is 15.4. The minimum absolute atomic E-state index is 0.451. The Labute approximate surface area is 299 Å². The third kappa shape index (κ3) is 3.79. The van der Waals surface area contributed by atoms with Crippen molar-refractivity contribution in [3.63, 3.8) is 0 Å². The molecule has 0 saturated heterocycles. The number of para-hydroxylation sites is 1. The summed E-state index contributed by atoms with van der Waals surface area (Å²) in [5.41, 5.74) is 11.0. The van der Waals surface area contributed by atoms with Gasteiger partial charge in [-0.1, -0.05) is 139 Å². The van der Waals surface area contributed by atoms with Crippen LogP contribution in [0.25, 0.3) is 42.1 Å². The lowest BCUT2D eigenvalue weighted by Gasteiger charge is -2.46. The van der Waals surface area contributed by atoms with Crippen molar-refractivity contribution >= 4 is 71.1 Å². The molecule has 11 rings (SSSR count). The number of benzene rings is 8. The number of fused-ring (bicyclic) bond motifs is 11. The zero-order chi connectivity index (χ0) is 32.8. The zero-order valence-corrected chi connectivity index (χ0v) is 28.6. The van der Waals surface area contributed by atoms with E-state index in [0.717, 1.165) is 11.4 Å². The van der Waals surface area contributed by atoms with Crippen molar-refractivity contribution in [2.24, 2.45) is 0 Å². The van der Waals surface area contributed by atoms with Gasteiger partial charge in [0.05, 0.1) is 11.1 Å². The van der Waals surface area contributed by atoms with Crippen molar-refractivity contribution in [3.05, 3.63) is 198 Å². The Morgan fingerprint density at radius 3 is 1.86 bits per heavy atom. The highest BCUT2D eigenvalue weighted by Crippen LogP contribution is 2.62. The molecule has 0 fully saturated rings. The molecule has 2 heterocycles. The summed E-state index contributed by atoms with van der Waals surface area (Å²) in [7, 11) is 0. The monoisotopic (exact) mass is 671 g/mol. The molecule has 1 spiro atoms. The van der Waals surface area contributed by atoms with Gasteiger partial charge in [-0.2, -0.15) is 0 Å². The zero-order valence-electron chi connectivity index (χ0n) is 27.0. The Morgan fingerprint density at radius 1 is 0.400 bits per heavy atom. The first kappa shape index (κ1) is 28.3. The summed E-state index contributed by atoms with van der Waals surface area (Å²) in [5.74, 6) is 0. The number of rotatable bonds is 3. The van der Waals surface area contributed by atoms with Gasteiger partial charge in [0, 0.05) is 46.7 Å². The van der Waals surface area contributed by atoms with Gasteiger partial charge in [0.15, 0.2) is 0 Å². The Balaban J connectivity index is 1.24. The van der Waals surface area contributed by atoms with Crippen LogP contribution in [-0.2, 0) is 5.41 Å². The van der Waals surface area contributed by atoms with E-state index in [9.17, 15) is 0 Å². The highest BCUT2D eigenvalue weighted by molar-refractivity contribution is 7.99. The van der Waals surface area contributed by atoms with Crippen LogP contribution in [0.1, 0.15) is 22.3 Å². The molecule has 0 amide bonds. The molecule has 1 nitrogen and oxygen atoms in total. The van der Waals surface area contributed by atoms with Gasteiger partial charge in [-0.3, -0.25) is 0 Å². The first-order valence-corrected chi connectivity index (χ1v) is 18.7. The van der Waals surface area contributed by atoms with E-state index in [-0.39, 0.29) is 0 Å². The van der Waals surface area contributed by atoms with Crippen molar-refractivity contribution in [1.82, 2.24) is 0 Å². The van der Waals surface area contributed by atoms with E-state index < -0.39 is 5.41 Å². The summed E-state index contributed by atoms with van der Waals surface area (Å²) in [5, 5.41) is 5.21. The van der Waals surface area contributed by atoms with Crippen LogP contribution in [-0.4, -0.2) is 0 Å². The van der Waals surface area contributed by atoms with Crippen molar-refractivity contribution in [2.45, 2.75) is 15.2 Å². The predicted octanol–water partition coefficient (Wildman–Crippen LogP) is 13.5. The van der Waals surface area contributed by atoms with Crippen LogP contribution in [0.4, 0.5) is 17.1 Å². The van der Waals surface area contributed by atoms with Crippen molar-refractivity contribution < 1.29 is 0 Å². The summed E-state index contributed by atoms with van der Waals surface area (Å²) < 4.78 is 2.62. The fourth-order valence-electron chi connectivity index (χ4n) is 8.75. The van der Waals surface area contributed by atoms with Crippen LogP contribution in [0.5, 0.6) is 0 Å². The van der Waals surface area contributed by atoms with Crippen molar-refractivity contribution in [3.8, 4) is 11.1 Å². The molecule has 0 atom stereocenters. The molecule has 0 radical (unpaired) electrons. The van der Waals surface area contributed by atoms with Gasteiger partial charge in [0.1, 0.15) is 0 Å². The Kier molecular flexibility index (Phi) is 6.04. The van der Waals surface area contributed by atoms with Crippen molar-refractivity contribution in [1.29, 1.82) is 0 Å². The fraction of sp³-hybridized carbons (Fsp3) is 0.0213. The van der Waals surface area contributed by atoms with Crippen LogP contribution in [0.3, 0.4) is 0 Å². The lowest BCUT2D eigenvalue weighted by molar-refractivity contribution is 0.707. The van der Waals surface area contributed by atoms with E-state index in [1.165, 1.54) is 79.8 Å². The first-order chi connectivity index (χ1) is 24.8. The summed E-state index contributed by atoms with van der Waals surface area (Å²) in [6.07, 6.45) is 0. The molecule has 8 aromatic carbocycles. The summed E-state index contributed by atoms with van der Waals surface area (Å²) in [4.78, 5) is 5.10. The third-order valence-electron chi connectivity index (χ3n) is 10.7. The molecule has 0 N–H and O–H groups in total. The minimum atomic E-state index is -0.451. The summed E-state index contributed by atoms with van der Waals surface area (Å²) in [6.45, 7) is 0. The minimum Gasteiger partial charge on any atom is -0.310 e. The molecule has 50 heavy (non-hydrogen) atoms. The molecule has 234 valence electrons. The molecule has 0 bridgehead atoms. The number of anilines is 3. The third-order valence-corrected chi connectivity index (χ3v) is 13.0. The van der Waals surface area contributed by atoms with Gasteiger partial charge in [-0.25, -0.2) is 0 Å². The maximum Gasteiger partial charge on any atom is 0.0735 e. The van der Waals surface area contributed by atoms with Gasteiger partial charge >= 0.3 is 0 Å². The Bertz CT molecular complexity index is 2770. The Hall–Kier alpha value is -5.61. The van der Waals surface area contributed by atoms with E-state index in [1.54, 1.807) is 0 Å². The van der Waals surface area contributed by atoms with Gasteiger partial charge in [0.25, 0.3) is 0 Å². The summed E-state index contributed by atoms with van der Waals surface area (Å²) >= 11 is 3.76. The van der Waals surface area contributed by atoms with E-state index in [4.69, 9.17) is 0 Å². The van der Waals surface area contributed by atoms with Crippen LogP contribution < -0.4 is 4.90 Å². The molecule has 2 aliphatic rings. The van der Waals surface area contributed by atoms with Crippen LogP contribution in [0.15, 0.2) is 186 Å². The maximum absolute atomic E-state index is 2.46. The van der Waals surface area contributed by atoms with E-state index >= 15 is 0 Å². The largest absolute Gasteiger partial charge is 0.310 e. The summed E-state index contributed by atoms with van der Waals surface area (Å²) in [6, 6.07) is 65.5. The van der Waals surface area contributed by atoms with Gasteiger partial charge in [-0.05, 0) is 87.3 Å². The SMILES string of the molecule is c1ccc(N(c2ccc3c(c2)sc2ccccc23)c2ccc3c4c(cccc24)C2(c4ccccc4Sc4ccccc42)c2ccccc2-3)cc1. The quantitative estimate of drug-likeness (QED) is 0.184. The van der Waals surface area contributed by atoms with E-state index in [2.05, 4.69) is 181 Å². The lowest BCUT2D eigenvalue weighted by Crippen LogP contribution is -2.36. The molecule has 3 heteroatoms. The lowest BCUT2D eigenvalue weighted by atomic mass is 9.59. The highest BCUT2D eigenvalue weighted by atomic mass is 32.2. The molecule has 1 aliphatic carbocycles. The number of thiophene rings is 1. The fourth-order valence-corrected chi connectivity index (χ4v) is 11.1. The van der Waals surface area contributed by atoms with Crippen LogP contribution in [0.2, 0.25) is 0 Å². The van der Waals surface area contributed by atoms with Crippen LogP contribution in [0, 0.1) is 0 Å². The molecule has 1 aromatic heterocycles. The van der Waals surface area contributed by atoms with Gasteiger partial charge in [0.2, 0.25) is 0 Å². The maximum atomic E-state index is 2.46. The van der Waals surface area contributed by atoms with Crippen LogP contribution >= 0.6 is 23.1 Å². The number of nitrogens with zero attached hydrogens (tertiary/aromatic N) is 1. The molecule has 0 unspecified atom stereocenters. The van der Waals surface area contributed by atoms with Gasteiger partial charge in [-0.15, -0.1) is 11.3 Å². The standard InChI is InChI=1S/C47H29NS2/c1-2-13-30(14-3-1)48(31-25-26-34-33-16-5-9-22-42(33)49-45(34)29-31)41-28-27-35-32-15-4-6-18-37(32)47(40-21-12-17-36(41)46(35)40)38-19-7-10-23-43(38)50-44-24-11-8-20-39(44)47/h1-29H. The normalized spacial score (nSPS) is 13.7. The average molecular weight is 672 g/mol. The second kappa shape index (κ2) is 10.7. The highest BCUT2D eigenvalue weighted by Gasteiger charge is 2.48. The molecule has 1 aliphatic heterocycles. The predicted molar refractivity (Wildman–Crippen MR) is 213 cm³/mol. The average Bonchev–Trinajstić information content (AvgIpc) is 3.55. The number of hydrogen-bond acceptors (Lipinski definition) is 3. The molecule has 9 aromatic rings.